The smallest absolute Gasteiger partial charge is 0.267 e. The van der Waals surface area contributed by atoms with Gasteiger partial charge in [-0.25, -0.2) is 19.6 Å². The molecular weight excluding hydrogens is 336 g/mol. The molecule has 3 aromatic rings. The normalized spacial score (nSPS) is 10.5. The number of aryl methyl sites for hydroxylation is 1. The highest BCUT2D eigenvalue weighted by molar-refractivity contribution is 5.75. The lowest BCUT2D eigenvalue weighted by Gasteiger charge is -2.09. The number of amides is 1. The molecule has 3 heterocycles. The lowest BCUT2D eigenvalue weighted by Crippen LogP contribution is -2.35. The maximum Gasteiger partial charge on any atom is 0.267 e. The molecule has 0 bridgehead atoms. The number of nitrogens with zero attached hydrogens (tertiary/aromatic N) is 6. The van der Waals surface area contributed by atoms with E-state index in [1.165, 1.54) is 24.7 Å². The SMILES string of the molecule is Cc1nccn1-c1cc(NCCNC(=O)Cn2ncccc2=O)ncn1. The minimum Gasteiger partial charge on any atom is -0.368 e. The number of imidazole rings is 1. The monoisotopic (exact) mass is 354 g/mol. The van der Waals surface area contributed by atoms with Gasteiger partial charge < -0.3 is 10.6 Å². The van der Waals surface area contributed by atoms with E-state index >= 15 is 0 Å². The van der Waals surface area contributed by atoms with Crippen molar-refractivity contribution < 1.29 is 4.79 Å². The Bertz CT molecular complexity index is 949. The molecule has 10 heteroatoms. The molecule has 3 aromatic heterocycles. The Morgan fingerprint density at radius 1 is 1.19 bits per heavy atom. The van der Waals surface area contributed by atoms with Gasteiger partial charge in [0.2, 0.25) is 5.91 Å². The Morgan fingerprint density at radius 3 is 2.85 bits per heavy atom. The average Bonchev–Trinajstić information content (AvgIpc) is 3.07. The summed E-state index contributed by atoms with van der Waals surface area (Å²) in [4.78, 5) is 35.9. The predicted octanol–water partition coefficient (Wildman–Crippen LogP) is -0.244. The summed E-state index contributed by atoms with van der Waals surface area (Å²) >= 11 is 0. The molecule has 0 unspecified atom stereocenters. The Labute approximate surface area is 148 Å². The zero-order valence-corrected chi connectivity index (χ0v) is 14.2. The third-order valence-corrected chi connectivity index (χ3v) is 3.56. The molecular formula is C16H18N8O2. The number of carbonyl (C=O) groups is 1. The fraction of sp³-hybridized carbons (Fsp3) is 0.250. The van der Waals surface area contributed by atoms with Crippen LogP contribution in [0.15, 0.2) is 47.9 Å². The van der Waals surface area contributed by atoms with Gasteiger partial charge in [-0.3, -0.25) is 14.2 Å². The summed E-state index contributed by atoms with van der Waals surface area (Å²) < 4.78 is 2.95. The van der Waals surface area contributed by atoms with E-state index in [1.54, 1.807) is 12.3 Å². The molecule has 0 aliphatic rings. The number of hydrogen-bond acceptors (Lipinski definition) is 7. The first-order valence-electron chi connectivity index (χ1n) is 7.98. The van der Waals surface area contributed by atoms with Crippen LogP contribution >= 0.6 is 0 Å². The van der Waals surface area contributed by atoms with E-state index in [0.717, 1.165) is 10.5 Å². The summed E-state index contributed by atoms with van der Waals surface area (Å²) in [7, 11) is 0. The molecule has 1 amide bonds. The van der Waals surface area contributed by atoms with Crippen LogP contribution in [0.2, 0.25) is 0 Å². The number of rotatable bonds is 7. The third kappa shape index (κ3) is 4.29. The summed E-state index contributed by atoms with van der Waals surface area (Å²) in [6.45, 7) is 2.63. The quantitative estimate of drug-likeness (QED) is 0.562. The van der Waals surface area contributed by atoms with Crippen molar-refractivity contribution in [1.29, 1.82) is 0 Å². The van der Waals surface area contributed by atoms with Gasteiger partial charge in [-0.05, 0) is 13.0 Å². The van der Waals surface area contributed by atoms with Gasteiger partial charge in [0, 0.05) is 43.8 Å². The van der Waals surface area contributed by atoms with E-state index in [0.29, 0.717) is 24.7 Å². The van der Waals surface area contributed by atoms with Gasteiger partial charge in [0.1, 0.15) is 30.3 Å². The first-order chi connectivity index (χ1) is 12.6. The minimum atomic E-state index is -0.316. The lowest BCUT2D eigenvalue weighted by molar-refractivity contribution is -0.121. The van der Waals surface area contributed by atoms with Gasteiger partial charge in [0.15, 0.2) is 0 Å². The van der Waals surface area contributed by atoms with Crippen molar-refractivity contribution in [1.82, 2.24) is 34.6 Å². The van der Waals surface area contributed by atoms with Gasteiger partial charge in [-0.2, -0.15) is 5.10 Å². The van der Waals surface area contributed by atoms with Crippen LogP contribution in [-0.2, 0) is 11.3 Å². The van der Waals surface area contributed by atoms with Crippen LogP contribution < -0.4 is 16.2 Å². The number of nitrogens with one attached hydrogen (secondary N) is 2. The zero-order chi connectivity index (χ0) is 18.4. The Morgan fingerprint density at radius 2 is 2.08 bits per heavy atom. The van der Waals surface area contributed by atoms with Crippen LogP contribution in [0, 0.1) is 6.92 Å². The molecule has 10 nitrogen and oxygen atoms in total. The van der Waals surface area contributed by atoms with Crippen molar-refractivity contribution in [2.45, 2.75) is 13.5 Å². The van der Waals surface area contributed by atoms with Crippen LogP contribution in [0.5, 0.6) is 0 Å². The van der Waals surface area contributed by atoms with E-state index in [4.69, 9.17) is 0 Å². The molecule has 0 radical (unpaired) electrons. The van der Waals surface area contributed by atoms with Crippen molar-refractivity contribution in [2.24, 2.45) is 0 Å². The summed E-state index contributed by atoms with van der Waals surface area (Å²) in [6.07, 6.45) is 6.45. The van der Waals surface area contributed by atoms with Gasteiger partial charge in [0.05, 0.1) is 0 Å². The Balaban J connectivity index is 1.48. The largest absolute Gasteiger partial charge is 0.368 e. The molecule has 0 spiro atoms. The molecule has 0 aliphatic carbocycles. The number of carbonyl (C=O) groups excluding carboxylic acids is 1. The van der Waals surface area contributed by atoms with Crippen molar-refractivity contribution >= 4 is 11.7 Å². The molecule has 0 aliphatic heterocycles. The van der Waals surface area contributed by atoms with Gasteiger partial charge >= 0.3 is 0 Å². The van der Waals surface area contributed by atoms with Crippen LogP contribution in [0.25, 0.3) is 5.82 Å². The first-order valence-corrected chi connectivity index (χ1v) is 7.98. The van der Waals surface area contributed by atoms with E-state index in [9.17, 15) is 9.59 Å². The van der Waals surface area contributed by atoms with Crippen LogP contribution in [-0.4, -0.2) is 48.3 Å². The summed E-state index contributed by atoms with van der Waals surface area (Å²) in [5.41, 5.74) is -0.316. The van der Waals surface area contributed by atoms with E-state index in [2.05, 4.69) is 30.7 Å². The van der Waals surface area contributed by atoms with E-state index < -0.39 is 0 Å². The van der Waals surface area contributed by atoms with Crippen molar-refractivity contribution in [2.75, 3.05) is 18.4 Å². The topological polar surface area (TPSA) is 120 Å². The van der Waals surface area contributed by atoms with E-state index in [1.807, 2.05) is 17.7 Å². The van der Waals surface area contributed by atoms with E-state index in [-0.39, 0.29) is 18.0 Å². The second-order valence-electron chi connectivity index (χ2n) is 5.40. The minimum absolute atomic E-state index is 0.114. The molecule has 3 rings (SSSR count). The standard InChI is InChI=1S/C16H18N8O2/c1-12-17-7-8-23(12)14-9-13(20-11-21-14)18-5-6-19-15(25)10-24-16(26)3-2-4-22-24/h2-4,7-9,11H,5-6,10H2,1H3,(H,19,25)(H,18,20,21). The van der Waals surface area contributed by atoms with Gasteiger partial charge in [0.25, 0.3) is 5.56 Å². The van der Waals surface area contributed by atoms with Crippen molar-refractivity contribution in [3.63, 3.8) is 0 Å². The summed E-state index contributed by atoms with van der Waals surface area (Å²) in [5.74, 6) is 1.88. The molecule has 0 aromatic carbocycles. The highest BCUT2D eigenvalue weighted by Crippen LogP contribution is 2.10. The lowest BCUT2D eigenvalue weighted by atomic mass is 10.4. The molecule has 0 fully saturated rings. The predicted molar refractivity (Wildman–Crippen MR) is 93.9 cm³/mol. The van der Waals surface area contributed by atoms with Crippen LogP contribution in [0.3, 0.4) is 0 Å². The number of aromatic nitrogens is 6. The molecule has 0 saturated carbocycles. The third-order valence-electron chi connectivity index (χ3n) is 3.56. The molecule has 0 saturated heterocycles. The number of hydrogen-bond donors (Lipinski definition) is 2. The maximum absolute atomic E-state index is 11.8. The van der Waals surface area contributed by atoms with Crippen molar-refractivity contribution in [3.8, 4) is 5.82 Å². The van der Waals surface area contributed by atoms with Gasteiger partial charge in [-0.15, -0.1) is 0 Å². The zero-order valence-electron chi connectivity index (χ0n) is 14.2. The molecule has 2 N–H and O–H groups in total. The summed E-state index contributed by atoms with van der Waals surface area (Å²) in [6, 6.07) is 4.68. The average molecular weight is 354 g/mol. The molecule has 134 valence electrons. The van der Waals surface area contributed by atoms with Crippen LogP contribution in [0.4, 0.5) is 5.82 Å². The maximum atomic E-state index is 11.8. The molecule has 26 heavy (non-hydrogen) atoms. The van der Waals surface area contributed by atoms with Crippen molar-refractivity contribution in [3.05, 3.63) is 59.3 Å². The Hall–Kier alpha value is -3.56. The summed E-state index contributed by atoms with van der Waals surface area (Å²) in [5, 5.41) is 9.67. The fourth-order valence-electron chi connectivity index (χ4n) is 2.29. The Kier molecular flexibility index (Phi) is 5.32. The fourth-order valence-corrected chi connectivity index (χ4v) is 2.29. The second-order valence-corrected chi connectivity index (χ2v) is 5.40. The van der Waals surface area contributed by atoms with Crippen LogP contribution in [0.1, 0.15) is 5.82 Å². The first kappa shape index (κ1) is 17.3. The number of anilines is 1. The molecule has 0 atom stereocenters. The second kappa shape index (κ2) is 8.01. The highest BCUT2D eigenvalue weighted by Gasteiger charge is 2.05. The highest BCUT2D eigenvalue weighted by atomic mass is 16.2. The van der Waals surface area contributed by atoms with Gasteiger partial charge in [-0.1, -0.05) is 0 Å².